The molecule has 0 aliphatic carbocycles. The van der Waals surface area contributed by atoms with Gasteiger partial charge in [0, 0.05) is 19.0 Å². The summed E-state index contributed by atoms with van der Waals surface area (Å²) in [6.07, 6.45) is 1.20. The highest BCUT2D eigenvalue weighted by Gasteiger charge is 2.34. The minimum atomic E-state index is -4.00. The predicted molar refractivity (Wildman–Crippen MR) is 135 cm³/mol. The van der Waals surface area contributed by atoms with Gasteiger partial charge in [-0.05, 0) is 37.5 Å². The van der Waals surface area contributed by atoms with E-state index in [0.29, 0.717) is 30.9 Å². The van der Waals surface area contributed by atoms with Gasteiger partial charge in [-0.15, -0.1) is 5.10 Å². The summed E-state index contributed by atoms with van der Waals surface area (Å²) in [4.78, 5) is 32.3. The molecule has 1 aliphatic heterocycles. The number of esters is 1. The number of piperidine rings is 1. The van der Waals surface area contributed by atoms with E-state index in [1.807, 2.05) is 31.2 Å². The second-order valence-corrected chi connectivity index (χ2v) is 11.0. The number of benzene rings is 2. The standard InChI is InChI=1S/C25H26N6O5S/c1-16-9-11-17(12-10-16)14-31-23-21(28-29-31)24(32)27-22(26-23)18-6-5-13-30(15-18)37(34,35)20-8-4-3-7-19(20)25(33)36-2/h3-4,7-12,18H,5-6,13-15H2,1-2H3,(H,26,27,32)/t18-/m0/s1. The van der Waals surface area contributed by atoms with Crippen molar-refractivity contribution in [1.82, 2.24) is 29.3 Å². The van der Waals surface area contributed by atoms with Crippen molar-refractivity contribution >= 4 is 27.2 Å². The maximum Gasteiger partial charge on any atom is 0.339 e. The zero-order valence-corrected chi connectivity index (χ0v) is 21.2. The van der Waals surface area contributed by atoms with Crippen molar-refractivity contribution in [2.45, 2.75) is 37.1 Å². The number of H-pyrrole nitrogens is 1. The Morgan fingerprint density at radius 3 is 2.68 bits per heavy atom. The number of aromatic amines is 1. The molecule has 0 spiro atoms. The number of carbonyl (C=O) groups excluding carboxylic acids is 1. The Hall–Kier alpha value is -3.90. The molecule has 0 radical (unpaired) electrons. The Labute approximate surface area is 213 Å². The van der Waals surface area contributed by atoms with Crippen molar-refractivity contribution in [3.05, 3.63) is 81.4 Å². The minimum absolute atomic E-state index is 0.0221. The lowest BCUT2D eigenvalue weighted by Crippen LogP contribution is -2.40. The molecule has 4 aromatic rings. The number of aromatic nitrogens is 5. The first kappa shape index (κ1) is 24.8. The van der Waals surface area contributed by atoms with E-state index in [1.54, 1.807) is 16.8 Å². The Morgan fingerprint density at radius 1 is 1.16 bits per heavy atom. The molecule has 37 heavy (non-hydrogen) atoms. The monoisotopic (exact) mass is 522 g/mol. The van der Waals surface area contributed by atoms with E-state index in [2.05, 4.69) is 20.3 Å². The van der Waals surface area contributed by atoms with Crippen LogP contribution in [0.3, 0.4) is 0 Å². The fraction of sp³-hybridized carbons (Fsp3) is 0.320. The first-order valence-electron chi connectivity index (χ1n) is 11.8. The van der Waals surface area contributed by atoms with E-state index in [0.717, 1.165) is 11.1 Å². The highest BCUT2D eigenvalue weighted by molar-refractivity contribution is 7.89. The van der Waals surface area contributed by atoms with Crippen LogP contribution in [0.2, 0.25) is 0 Å². The van der Waals surface area contributed by atoms with Gasteiger partial charge in [-0.25, -0.2) is 22.9 Å². The fourth-order valence-corrected chi connectivity index (χ4v) is 6.25. The molecule has 0 amide bonds. The summed E-state index contributed by atoms with van der Waals surface area (Å²) >= 11 is 0. The van der Waals surface area contributed by atoms with Gasteiger partial charge in [-0.2, -0.15) is 4.31 Å². The van der Waals surface area contributed by atoms with E-state index in [9.17, 15) is 18.0 Å². The summed E-state index contributed by atoms with van der Waals surface area (Å²) in [6, 6.07) is 13.9. The quantitative estimate of drug-likeness (QED) is 0.380. The maximum atomic E-state index is 13.5. The van der Waals surface area contributed by atoms with Gasteiger partial charge < -0.3 is 9.72 Å². The number of sulfonamides is 1. The van der Waals surface area contributed by atoms with Gasteiger partial charge in [0.25, 0.3) is 5.56 Å². The summed E-state index contributed by atoms with van der Waals surface area (Å²) in [6.45, 7) is 2.78. The van der Waals surface area contributed by atoms with Crippen molar-refractivity contribution in [2.75, 3.05) is 20.2 Å². The fourth-order valence-electron chi connectivity index (χ4n) is 4.54. The van der Waals surface area contributed by atoms with Crippen LogP contribution in [0.1, 0.15) is 46.1 Å². The van der Waals surface area contributed by atoms with Gasteiger partial charge in [0.1, 0.15) is 5.82 Å². The van der Waals surface area contributed by atoms with E-state index in [-0.39, 0.29) is 35.0 Å². The van der Waals surface area contributed by atoms with Crippen LogP contribution in [0.25, 0.3) is 11.2 Å². The van der Waals surface area contributed by atoms with Crippen molar-refractivity contribution < 1.29 is 17.9 Å². The molecule has 0 unspecified atom stereocenters. The lowest BCUT2D eigenvalue weighted by molar-refractivity contribution is 0.0596. The number of nitrogens with zero attached hydrogens (tertiary/aromatic N) is 5. The van der Waals surface area contributed by atoms with Crippen molar-refractivity contribution in [2.24, 2.45) is 0 Å². The smallest absolute Gasteiger partial charge is 0.339 e. The molecule has 0 saturated carbocycles. The molecule has 12 heteroatoms. The summed E-state index contributed by atoms with van der Waals surface area (Å²) in [5, 5.41) is 8.13. The molecule has 11 nitrogen and oxygen atoms in total. The molecule has 1 saturated heterocycles. The van der Waals surface area contributed by atoms with Gasteiger partial charge in [0.05, 0.1) is 24.1 Å². The summed E-state index contributed by atoms with van der Waals surface area (Å²) in [5.74, 6) is -0.696. The van der Waals surface area contributed by atoms with Crippen molar-refractivity contribution in [3.63, 3.8) is 0 Å². The number of fused-ring (bicyclic) bond motifs is 1. The van der Waals surface area contributed by atoms with Crippen molar-refractivity contribution in [3.8, 4) is 0 Å². The lowest BCUT2D eigenvalue weighted by atomic mass is 9.99. The number of hydrogen-bond donors (Lipinski definition) is 1. The molecule has 0 bridgehead atoms. The molecule has 3 heterocycles. The molecule has 1 atom stereocenters. The number of nitrogens with one attached hydrogen (secondary N) is 1. The number of hydrogen-bond acceptors (Lipinski definition) is 8. The summed E-state index contributed by atoms with van der Waals surface area (Å²) < 4.78 is 34.7. The normalized spacial score (nSPS) is 16.6. The van der Waals surface area contributed by atoms with Crippen LogP contribution in [0.15, 0.2) is 58.2 Å². The molecule has 1 fully saturated rings. The van der Waals surface area contributed by atoms with Crippen LogP contribution in [0.5, 0.6) is 0 Å². The van der Waals surface area contributed by atoms with E-state index in [4.69, 9.17) is 4.74 Å². The van der Waals surface area contributed by atoms with Gasteiger partial charge in [-0.3, -0.25) is 4.79 Å². The molecule has 1 N–H and O–H groups in total. The molecule has 2 aromatic heterocycles. The molecule has 5 rings (SSSR count). The zero-order valence-electron chi connectivity index (χ0n) is 20.4. The van der Waals surface area contributed by atoms with Gasteiger partial charge in [0.15, 0.2) is 11.2 Å². The number of rotatable bonds is 6. The Balaban J connectivity index is 1.46. The highest BCUT2D eigenvalue weighted by Crippen LogP contribution is 2.30. The Morgan fingerprint density at radius 2 is 1.92 bits per heavy atom. The Kier molecular flexibility index (Phi) is 6.61. The third-order valence-corrected chi connectivity index (χ3v) is 8.45. The van der Waals surface area contributed by atoms with Crippen LogP contribution in [-0.2, 0) is 21.3 Å². The largest absolute Gasteiger partial charge is 0.465 e. The molecule has 1 aliphatic rings. The third-order valence-electron chi connectivity index (χ3n) is 6.53. The molecular formula is C25H26N6O5S. The predicted octanol–water partition coefficient (Wildman–Crippen LogP) is 2.23. The maximum absolute atomic E-state index is 13.5. The average molecular weight is 523 g/mol. The zero-order chi connectivity index (χ0) is 26.2. The highest BCUT2D eigenvalue weighted by atomic mass is 32.2. The van der Waals surface area contributed by atoms with Crippen LogP contribution >= 0.6 is 0 Å². The first-order valence-corrected chi connectivity index (χ1v) is 13.3. The minimum Gasteiger partial charge on any atom is -0.465 e. The van der Waals surface area contributed by atoms with Gasteiger partial charge in [0.2, 0.25) is 10.0 Å². The van der Waals surface area contributed by atoms with Gasteiger partial charge in [-0.1, -0.05) is 47.2 Å². The van der Waals surface area contributed by atoms with Crippen LogP contribution in [0.4, 0.5) is 0 Å². The van der Waals surface area contributed by atoms with Crippen LogP contribution in [-0.4, -0.2) is 63.9 Å². The lowest BCUT2D eigenvalue weighted by Gasteiger charge is -2.31. The summed E-state index contributed by atoms with van der Waals surface area (Å²) in [5.41, 5.74) is 2.14. The Bertz CT molecular complexity index is 1630. The summed E-state index contributed by atoms with van der Waals surface area (Å²) in [7, 11) is -2.79. The van der Waals surface area contributed by atoms with Crippen LogP contribution in [0, 0.1) is 6.92 Å². The SMILES string of the molecule is COC(=O)c1ccccc1S(=O)(=O)N1CCC[C@H](c2nc3c(nnn3Cc3ccc(C)cc3)c(=O)[nH]2)C1. The molecular weight excluding hydrogens is 496 g/mol. The number of carbonyl (C=O) groups is 1. The topological polar surface area (TPSA) is 140 Å². The average Bonchev–Trinajstić information content (AvgIpc) is 3.32. The van der Waals surface area contributed by atoms with Crippen molar-refractivity contribution in [1.29, 1.82) is 0 Å². The van der Waals surface area contributed by atoms with Crippen LogP contribution < -0.4 is 5.56 Å². The third kappa shape index (κ3) is 4.77. The number of methoxy groups -OCH3 is 1. The second-order valence-electron chi connectivity index (χ2n) is 9.05. The number of ether oxygens (including phenoxy) is 1. The molecule has 192 valence electrons. The molecule has 2 aromatic carbocycles. The first-order chi connectivity index (χ1) is 17.8. The second kappa shape index (κ2) is 9.87. The van der Waals surface area contributed by atoms with E-state index in [1.165, 1.54) is 23.5 Å². The number of aryl methyl sites for hydroxylation is 1. The van der Waals surface area contributed by atoms with E-state index < -0.39 is 21.6 Å². The van der Waals surface area contributed by atoms with Gasteiger partial charge >= 0.3 is 5.97 Å². The van der Waals surface area contributed by atoms with E-state index >= 15 is 0 Å².